The fraction of sp³-hybridized carbons (Fsp3) is 0.889. The van der Waals surface area contributed by atoms with E-state index in [-0.39, 0.29) is 6.03 Å². The highest BCUT2D eigenvalue weighted by Crippen LogP contribution is 2.33. The van der Waals surface area contributed by atoms with Crippen molar-refractivity contribution in [3.05, 3.63) is 0 Å². The average molecular weight is 170 g/mol. The minimum absolute atomic E-state index is 0.0340. The molecule has 0 aromatic carbocycles. The van der Waals surface area contributed by atoms with Gasteiger partial charge in [-0.3, -0.25) is 0 Å². The van der Waals surface area contributed by atoms with Crippen LogP contribution in [0.15, 0.2) is 0 Å². The number of hydrogen-bond acceptors (Lipinski definition) is 1. The van der Waals surface area contributed by atoms with Crippen LogP contribution in [-0.2, 0) is 0 Å². The summed E-state index contributed by atoms with van der Waals surface area (Å²) in [5.74, 6) is 0.973. The van der Waals surface area contributed by atoms with Crippen molar-refractivity contribution in [1.82, 2.24) is 10.6 Å². The molecule has 0 bridgehead atoms. The Kier molecular flexibility index (Phi) is 3.91. The van der Waals surface area contributed by atoms with E-state index in [1.54, 1.807) is 0 Å². The normalized spacial score (nSPS) is 15.8. The van der Waals surface area contributed by atoms with E-state index in [2.05, 4.69) is 10.6 Å². The lowest BCUT2D eigenvalue weighted by Gasteiger charge is -2.04. The number of amides is 2. The highest BCUT2D eigenvalue weighted by atomic mass is 16.2. The maximum atomic E-state index is 10.9. The zero-order chi connectivity index (χ0) is 8.81. The molecule has 0 spiro atoms. The van der Waals surface area contributed by atoms with Crippen LogP contribution < -0.4 is 10.6 Å². The molecular formula is C9H18N2O. The number of hydrogen-bond donors (Lipinski definition) is 2. The van der Waals surface area contributed by atoms with E-state index < -0.39 is 0 Å². The molecule has 0 atom stereocenters. The van der Waals surface area contributed by atoms with Gasteiger partial charge in [-0.05, 0) is 25.7 Å². The number of nitrogens with one attached hydrogen (secondary N) is 2. The lowest BCUT2D eigenvalue weighted by molar-refractivity contribution is 0.241. The van der Waals surface area contributed by atoms with Crippen LogP contribution in [0, 0.1) is 5.92 Å². The van der Waals surface area contributed by atoms with Crippen LogP contribution in [0.4, 0.5) is 4.79 Å². The average Bonchev–Trinajstić information content (AvgIpc) is 2.82. The van der Waals surface area contributed by atoms with Gasteiger partial charge in [-0.1, -0.05) is 12.8 Å². The molecule has 12 heavy (non-hydrogen) atoms. The van der Waals surface area contributed by atoms with Crippen LogP contribution >= 0.6 is 0 Å². The van der Waals surface area contributed by atoms with E-state index in [1.807, 2.05) is 6.92 Å². The van der Waals surface area contributed by atoms with Gasteiger partial charge in [-0.25, -0.2) is 4.79 Å². The Morgan fingerprint density at radius 1 is 1.42 bits per heavy atom. The van der Waals surface area contributed by atoms with Crippen LogP contribution in [0.2, 0.25) is 0 Å². The lowest BCUT2D eigenvalue weighted by atomic mass is 10.2. The number of carbonyl (C=O) groups excluding carboxylic acids is 1. The molecule has 3 heteroatoms. The Morgan fingerprint density at radius 3 is 2.75 bits per heavy atom. The Hall–Kier alpha value is -0.730. The summed E-state index contributed by atoms with van der Waals surface area (Å²) in [7, 11) is 0. The van der Waals surface area contributed by atoms with Crippen molar-refractivity contribution in [2.75, 3.05) is 13.1 Å². The van der Waals surface area contributed by atoms with Gasteiger partial charge in [0.15, 0.2) is 0 Å². The van der Waals surface area contributed by atoms with Gasteiger partial charge in [0, 0.05) is 13.1 Å². The fourth-order valence-corrected chi connectivity index (χ4v) is 1.22. The molecule has 0 aromatic heterocycles. The first-order valence-corrected chi connectivity index (χ1v) is 4.84. The fourth-order valence-electron chi connectivity index (χ4n) is 1.22. The number of urea groups is 1. The maximum Gasteiger partial charge on any atom is 0.314 e. The molecule has 1 aliphatic rings. The molecule has 2 N–H and O–H groups in total. The highest BCUT2D eigenvalue weighted by Gasteiger charge is 2.19. The predicted octanol–water partition coefficient (Wildman–Crippen LogP) is 1.50. The number of carbonyl (C=O) groups is 1. The quantitative estimate of drug-likeness (QED) is 0.603. The van der Waals surface area contributed by atoms with Gasteiger partial charge in [-0.2, -0.15) is 0 Å². The van der Waals surface area contributed by atoms with Crippen LogP contribution in [-0.4, -0.2) is 19.1 Å². The van der Waals surface area contributed by atoms with Crippen molar-refractivity contribution < 1.29 is 4.79 Å². The molecule has 1 rings (SSSR count). The molecular weight excluding hydrogens is 152 g/mol. The molecule has 0 heterocycles. The second-order valence-corrected chi connectivity index (χ2v) is 3.37. The van der Waals surface area contributed by atoms with E-state index in [4.69, 9.17) is 0 Å². The second kappa shape index (κ2) is 5.01. The summed E-state index contributed by atoms with van der Waals surface area (Å²) in [6.07, 6.45) is 5.22. The third-order valence-electron chi connectivity index (χ3n) is 2.11. The standard InChI is InChI=1S/C9H18N2O/c1-2-10-9(12)11-7-3-4-8-5-6-8/h8H,2-7H2,1H3,(H2,10,11,12). The smallest absolute Gasteiger partial charge is 0.314 e. The van der Waals surface area contributed by atoms with Gasteiger partial charge < -0.3 is 10.6 Å². The molecule has 0 unspecified atom stereocenters. The summed E-state index contributed by atoms with van der Waals surface area (Å²) < 4.78 is 0. The first kappa shape index (κ1) is 9.36. The molecule has 1 fully saturated rings. The first-order valence-electron chi connectivity index (χ1n) is 4.84. The molecule has 0 aliphatic heterocycles. The molecule has 70 valence electrons. The van der Waals surface area contributed by atoms with E-state index in [9.17, 15) is 4.79 Å². The Labute approximate surface area is 73.9 Å². The molecule has 1 saturated carbocycles. The molecule has 0 radical (unpaired) electrons. The van der Waals surface area contributed by atoms with Crippen molar-refractivity contribution in [1.29, 1.82) is 0 Å². The van der Waals surface area contributed by atoms with Crippen molar-refractivity contribution in [3.63, 3.8) is 0 Å². The summed E-state index contributed by atoms with van der Waals surface area (Å²) in [5, 5.41) is 5.52. The topological polar surface area (TPSA) is 41.1 Å². The van der Waals surface area contributed by atoms with Gasteiger partial charge in [0.2, 0.25) is 0 Å². The van der Waals surface area contributed by atoms with Crippen LogP contribution in [0.3, 0.4) is 0 Å². The number of rotatable bonds is 5. The third kappa shape index (κ3) is 4.21. The van der Waals surface area contributed by atoms with E-state index in [0.29, 0.717) is 6.54 Å². The molecule has 2 amide bonds. The second-order valence-electron chi connectivity index (χ2n) is 3.37. The molecule has 1 aliphatic carbocycles. The van der Waals surface area contributed by atoms with Crippen molar-refractivity contribution in [2.45, 2.75) is 32.6 Å². The minimum atomic E-state index is -0.0340. The zero-order valence-electron chi connectivity index (χ0n) is 7.73. The molecule has 0 aromatic rings. The summed E-state index contributed by atoms with van der Waals surface area (Å²) in [4.78, 5) is 10.9. The molecule has 3 nitrogen and oxygen atoms in total. The SMILES string of the molecule is CCNC(=O)NCCCC1CC1. The predicted molar refractivity (Wildman–Crippen MR) is 49.0 cm³/mol. The van der Waals surface area contributed by atoms with Gasteiger partial charge in [0.05, 0.1) is 0 Å². The lowest BCUT2D eigenvalue weighted by Crippen LogP contribution is -2.35. The molecule has 0 saturated heterocycles. The Balaban J connectivity index is 1.83. The van der Waals surface area contributed by atoms with Gasteiger partial charge in [0.25, 0.3) is 0 Å². The van der Waals surface area contributed by atoms with Crippen LogP contribution in [0.5, 0.6) is 0 Å². The maximum absolute atomic E-state index is 10.9. The summed E-state index contributed by atoms with van der Waals surface area (Å²) in [6.45, 7) is 3.45. The first-order chi connectivity index (χ1) is 5.83. The van der Waals surface area contributed by atoms with Gasteiger partial charge >= 0.3 is 6.03 Å². The van der Waals surface area contributed by atoms with E-state index in [0.717, 1.165) is 18.9 Å². The Morgan fingerprint density at radius 2 is 2.17 bits per heavy atom. The third-order valence-corrected chi connectivity index (χ3v) is 2.11. The monoisotopic (exact) mass is 170 g/mol. The highest BCUT2D eigenvalue weighted by molar-refractivity contribution is 5.73. The van der Waals surface area contributed by atoms with Crippen molar-refractivity contribution in [2.24, 2.45) is 5.92 Å². The van der Waals surface area contributed by atoms with Crippen molar-refractivity contribution >= 4 is 6.03 Å². The summed E-state index contributed by atoms with van der Waals surface area (Å²) in [6, 6.07) is -0.0340. The van der Waals surface area contributed by atoms with Crippen LogP contribution in [0.25, 0.3) is 0 Å². The Bertz CT molecular complexity index is 143. The van der Waals surface area contributed by atoms with Gasteiger partial charge in [0.1, 0.15) is 0 Å². The minimum Gasteiger partial charge on any atom is -0.338 e. The summed E-state index contributed by atoms with van der Waals surface area (Å²) in [5.41, 5.74) is 0. The van der Waals surface area contributed by atoms with E-state index >= 15 is 0 Å². The summed E-state index contributed by atoms with van der Waals surface area (Å²) >= 11 is 0. The van der Waals surface area contributed by atoms with E-state index in [1.165, 1.54) is 19.3 Å². The van der Waals surface area contributed by atoms with Crippen LogP contribution in [0.1, 0.15) is 32.6 Å². The van der Waals surface area contributed by atoms with Gasteiger partial charge in [-0.15, -0.1) is 0 Å². The largest absolute Gasteiger partial charge is 0.338 e. The van der Waals surface area contributed by atoms with Crippen molar-refractivity contribution in [3.8, 4) is 0 Å². The zero-order valence-corrected chi connectivity index (χ0v) is 7.73.